The summed E-state index contributed by atoms with van der Waals surface area (Å²) in [6, 6.07) is 6.00. The Morgan fingerprint density at radius 3 is 3.15 bits per heavy atom. The van der Waals surface area contributed by atoms with Crippen molar-refractivity contribution in [3.05, 3.63) is 35.4 Å². The molecule has 13 heavy (non-hydrogen) atoms. The van der Waals surface area contributed by atoms with Gasteiger partial charge in [0.15, 0.2) is 0 Å². The summed E-state index contributed by atoms with van der Waals surface area (Å²) in [6.45, 7) is 0. The van der Waals surface area contributed by atoms with Gasteiger partial charge < -0.3 is 5.32 Å². The van der Waals surface area contributed by atoms with Crippen LogP contribution in [0.4, 0.5) is 5.69 Å². The molecule has 2 heteroatoms. The van der Waals surface area contributed by atoms with E-state index < -0.39 is 0 Å². The molecule has 0 bridgehead atoms. The Kier molecular flexibility index (Phi) is 2.13. The molecule has 1 aliphatic carbocycles. The van der Waals surface area contributed by atoms with Crippen LogP contribution < -0.4 is 5.32 Å². The van der Waals surface area contributed by atoms with Crippen molar-refractivity contribution < 1.29 is 4.79 Å². The Balaban J connectivity index is 2.47. The number of amides is 1. The minimum Gasteiger partial charge on any atom is -0.328 e. The average Bonchev–Trinajstić information content (AvgIpc) is 2.19. The molecule has 2 nitrogen and oxygen atoms in total. The van der Waals surface area contributed by atoms with Gasteiger partial charge in [-0.05, 0) is 24.5 Å². The number of allylic oxidation sites excluding steroid dienone is 1. The lowest BCUT2D eigenvalue weighted by Crippen LogP contribution is -2.01. The van der Waals surface area contributed by atoms with Crippen molar-refractivity contribution in [3.8, 4) is 0 Å². The van der Waals surface area contributed by atoms with Crippen LogP contribution in [0.1, 0.15) is 17.5 Å². The highest BCUT2D eigenvalue weighted by atomic mass is 16.1. The van der Waals surface area contributed by atoms with Crippen molar-refractivity contribution in [1.82, 2.24) is 0 Å². The quantitative estimate of drug-likeness (QED) is 0.682. The second-order valence-electron chi connectivity index (χ2n) is 3.08. The van der Waals surface area contributed by atoms with E-state index in [0.717, 1.165) is 30.5 Å². The molecule has 1 aliphatic rings. The first-order chi connectivity index (χ1) is 6.42. The zero-order valence-corrected chi connectivity index (χ0v) is 7.29. The number of carbonyl (C=O) groups excluding carboxylic acids is 1. The molecule has 0 aliphatic heterocycles. The zero-order valence-electron chi connectivity index (χ0n) is 7.29. The summed E-state index contributed by atoms with van der Waals surface area (Å²) < 4.78 is 0. The summed E-state index contributed by atoms with van der Waals surface area (Å²) in [5.41, 5.74) is 3.37. The minimum absolute atomic E-state index is 0.720. The number of rotatable bonds is 2. The van der Waals surface area contributed by atoms with Crippen LogP contribution in [0.25, 0.3) is 6.08 Å². The Bertz CT molecular complexity index is 355. The summed E-state index contributed by atoms with van der Waals surface area (Å²) in [6.07, 6.45) is 7.10. The minimum atomic E-state index is 0.720. The van der Waals surface area contributed by atoms with Gasteiger partial charge in [0.05, 0.1) is 0 Å². The highest BCUT2D eigenvalue weighted by molar-refractivity contribution is 5.80. The molecular formula is C11H11NO. The number of carbonyl (C=O) groups is 1. The van der Waals surface area contributed by atoms with Crippen LogP contribution in [0.2, 0.25) is 0 Å². The maximum atomic E-state index is 10.3. The highest BCUT2D eigenvalue weighted by Crippen LogP contribution is 2.25. The van der Waals surface area contributed by atoms with Gasteiger partial charge in [0.2, 0.25) is 6.41 Å². The summed E-state index contributed by atoms with van der Waals surface area (Å²) in [7, 11) is 0. The van der Waals surface area contributed by atoms with Crippen molar-refractivity contribution in [1.29, 1.82) is 0 Å². The summed E-state index contributed by atoms with van der Waals surface area (Å²) >= 11 is 0. The van der Waals surface area contributed by atoms with Crippen molar-refractivity contribution in [2.24, 2.45) is 0 Å². The van der Waals surface area contributed by atoms with Crippen LogP contribution in [-0.4, -0.2) is 6.41 Å². The molecule has 1 aromatic rings. The van der Waals surface area contributed by atoms with E-state index in [1.165, 1.54) is 5.56 Å². The van der Waals surface area contributed by atoms with Crippen molar-refractivity contribution in [2.45, 2.75) is 12.8 Å². The van der Waals surface area contributed by atoms with Gasteiger partial charge in [-0.2, -0.15) is 0 Å². The molecule has 1 N–H and O–H groups in total. The highest BCUT2D eigenvalue weighted by Gasteiger charge is 2.07. The molecule has 66 valence electrons. The standard InChI is InChI=1S/C11H11NO/c13-8-12-11-7-3-5-9-4-1-2-6-10(9)11/h2-3,5-8H,1,4H2,(H,12,13). The number of hydrogen-bond donors (Lipinski definition) is 1. The first kappa shape index (κ1) is 8.05. The van der Waals surface area contributed by atoms with E-state index in [-0.39, 0.29) is 0 Å². The van der Waals surface area contributed by atoms with Gasteiger partial charge >= 0.3 is 0 Å². The molecule has 0 unspecified atom stereocenters. The smallest absolute Gasteiger partial charge is 0.211 e. The molecule has 1 amide bonds. The van der Waals surface area contributed by atoms with Crippen molar-refractivity contribution in [3.63, 3.8) is 0 Å². The number of anilines is 1. The lowest BCUT2D eigenvalue weighted by molar-refractivity contribution is -0.105. The summed E-state index contributed by atoms with van der Waals surface area (Å²) in [4.78, 5) is 10.3. The van der Waals surface area contributed by atoms with E-state index in [0.29, 0.717) is 0 Å². The second-order valence-corrected chi connectivity index (χ2v) is 3.08. The number of nitrogens with one attached hydrogen (secondary N) is 1. The third kappa shape index (κ3) is 1.47. The van der Waals surface area contributed by atoms with Crippen LogP contribution in [0.15, 0.2) is 24.3 Å². The predicted molar refractivity (Wildman–Crippen MR) is 53.5 cm³/mol. The molecule has 0 heterocycles. The molecular weight excluding hydrogens is 162 g/mol. The van der Waals surface area contributed by atoms with Gasteiger partial charge in [0.1, 0.15) is 0 Å². The average molecular weight is 173 g/mol. The maximum Gasteiger partial charge on any atom is 0.211 e. The molecule has 0 spiro atoms. The Morgan fingerprint density at radius 1 is 1.38 bits per heavy atom. The Morgan fingerprint density at radius 2 is 2.31 bits per heavy atom. The van der Waals surface area contributed by atoms with Gasteiger partial charge in [-0.1, -0.05) is 24.3 Å². The first-order valence-corrected chi connectivity index (χ1v) is 4.40. The van der Waals surface area contributed by atoms with Gasteiger partial charge in [0.25, 0.3) is 0 Å². The zero-order chi connectivity index (χ0) is 9.10. The van der Waals surface area contributed by atoms with Crippen LogP contribution in [0, 0.1) is 0 Å². The fourth-order valence-corrected chi connectivity index (χ4v) is 1.66. The van der Waals surface area contributed by atoms with E-state index in [9.17, 15) is 4.79 Å². The molecule has 0 saturated heterocycles. The largest absolute Gasteiger partial charge is 0.328 e. The van der Waals surface area contributed by atoms with Crippen molar-refractivity contribution in [2.75, 3.05) is 5.32 Å². The van der Waals surface area contributed by atoms with E-state index in [4.69, 9.17) is 0 Å². The van der Waals surface area contributed by atoms with Gasteiger partial charge in [-0.3, -0.25) is 4.79 Å². The molecule has 2 rings (SSSR count). The normalized spacial score (nSPS) is 13.5. The number of hydrogen-bond acceptors (Lipinski definition) is 1. The predicted octanol–water partition coefficient (Wildman–Crippen LogP) is 2.21. The van der Waals surface area contributed by atoms with Crippen LogP contribution in [-0.2, 0) is 11.2 Å². The Labute approximate surface area is 77.3 Å². The number of aryl methyl sites for hydroxylation is 1. The summed E-state index contributed by atoms with van der Waals surface area (Å²) in [5, 5.41) is 2.70. The SMILES string of the molecule is O=CNc1cccc2c1C=CCC2. The maximum absolute atomic E-state index is 10.3. The number of fused-ring (bicyclic) bond motifs is 1. The van der Waals surface area contributed by atoms with E-state index in [1.807, 2.05) is 12.1 Å². The lowest BCUT2D eigenvalue weighted by atomic mass is 9.96. The molecule has 0 aromatic heterocycles. The van der Waals surface area contributed by atoms with Crippen LogP contribution in [0.5, 0.6) is 0 Å². The van der Waals surface area contributed by atoms with Crippen molar-refractivity contribution >= 4 is 18.2 Å². The van der Waals surface area contributed by atoms with E-state index in [2.05, 4.69) is 23.5 Å². The first-order valence-electron chi connectivity index (χ1n) is 4.40. The fraction of sp³-hybridized carbons (Fsp3) is 0.182. The fourth-order valence-electron chi connectivity index (χ4n) is 1.66. The van der Waals surface area contributed by atoms with E-state index in [1.54, 1.807) is 0 Å². The third-order valence-electron chi connectivity index (χ3n) is 2.28. The molecule has 0 fully saturated rings. The number of benzene rings is 1. The van der Waals surface area contributed by atoms with Gasteiger partial charge in [0, 0.05) is 11.3 Å². The molecule has 0 atom stereocenters. The molecule has 1 aromatic carbocycles. The third-order valence-corrected chi connectivity index (χ3v) is 2.28. The van der Waals surface area contributed by atoms with E-state index >= 15 is 0 Å². The second kappa shape index (κ2) is 3.44. The monoisotopic (exact) mass is 173 g/mol. The molecule has 0 saturated carbocycles. The van der Waals surface area contributed by atoms with Crippen LogP contribution >= 0.6 is 0 Å². The van der Waals surface area contributed by atoms with Gasteiger partial charge in [-0.25, -0.2) is 0 Å². The van der Waals surface area contributed by atoms with Crippen LogP contribution in [0.3, 0.4) is 0 Å². The molecule has 0 radical (unpaired) electrons. The van der Waals surface area contributed by atoms with Gasteiger partial charge in [-0.15, -0.1) is 0 Å². The summed E-state index contributed by atoms with van der Waals surface area (Å²) in [5.74, 6) is 0. The Hall–Kier alpha value is -1.57. The lowest BCUT2D eigenvalue weighted by Gasteiger charge is -2.13. The topological polar surface area (TPSA) is 29.1 Å².